The van der Waals surface area contributed by atoms with Gasteiger partial charge in [0.25, 0.3) is 0 Å². The summed E-state index contributed by atoms with van der Waals surface area (Å²) >= 11 is 0. The van der Waals surface area contributed by atoms with Crippen molar-refractivity contribution in [3.63, 3.8) is 0 Å². The number of nitrogens with zero attached hydrogens (tertiary/aromatic N) is 2. The van der Waals surface area contributed by atoms with Gasteiger partial charge in [-0.2, -0.15) is 0 Å². The van der Waals surface area contributed by atoms with Crippen LogP contribution in [0.1, 0.15) is 32.8 Å². The second kappa shape index (κ2) is 8.48. The van der Waals surface area contributed by atoms with Gasteiger partial charge >= 0.3 is 0 Å². The zero-order valence-corrected chi connectivity index (χ0v) is 15.4. The summed E-state index contributed by atoms with van der Waals surface area (Å²) in [5.41, 5.74) is 1.48. The largest absolute Gasteiger partial charge is 0.357 e. The van der Waals surface area contributed by atoms with E-state index in [1.54, 1.807) is 0 Å². The van der Waals surface area contributed by atoms with Crippen molar-refractivity contribution in [1.82, 2.24) is 10.2 Å². The average Bonchev–Trinajstić information content (AvgIpc) is 2.87. The van der Waals surface area contributed by atoms with E-state index in [4.69, 9.17) is 0 Å². The molecule has 0 aliphatic carbocycles. The van der Waals surface area contributed by atoms with Gasteiger partial charge in [-0.1, -0.05) is 44.2 Å². The third kappa shape index (κ3) is 5.98. The Bertz CT molecular complexity index is 542. The van der Waals surface area contributed by atoms with E-state index >= 15 is 0 Å². The number of guanidine groups is 1. The zero-order valence-electron chi connectivity index (χ0n) is 14.5. The van der Waals surface area contributed by atoms with Crippen molar-refractivity contribution in [3.8, 4) is 0 Å². The average molecular weight is 336 g/mol. The quantitative estimate of drug-likeness (QED) is 0.642. The fraction of sp³-hybridized carbons (Fsp3) is 0.611. The van der Waals surface area contributed by atoms with Gasteiger partial charge in [0.05, 0.1) is 6.54 Å². The fourth-order valence-electron chi connectivity index (χ4n) is 2.80. The van der Waals surface area contributed by atoms with E-state index in [-0.39, 0.29) is 0 Å². The van der Waals surface area contributed by atoms with Crippen molar-refractivity contribution in [1.29, 1.82) is 0 Å². The number of rotatable bonds is 6. The molecule has 1 atom stereocenters. The smallest absolute Gasteiger partial charge is 0.193 e. The van der Waals surface area contributed by atoms with Gasteiger partial charge in [0.2, 0.25) is 0 Å². The molecule has 4 nitrogen and oxygen atoms in total. The first-order valence-corrected chi connectivity index (χ1v) is 9.91. The van der Waals surface area contributed by atoms with Crippen LogP contribution < -0.4 is 5.32 Å². The zero-order chi connectivity index (χ0) is 16.7. The Hall–Kier alpha value is -1.36. The van der Waals surface area contributed by atoms with Crippen LogP contribution in [0.25, 0.3) is 0 Å². The monoisotopic (exact) mass is 335 g/mol. The molecule has 1 N–H and O–H groups in total. The first-order valence-electron chi connectivity index (χ1n) is 8.42. The van der Waals surface area contributed by atoms with Gasteiger partial charge in [-0.15, -0.1) is 0 Å². The molecule has 0 bridgehead atoms. The molecule has 128 valence electrons. The van der Waals surface area contributed by atoms with E-state index in [9.17, 15) is 4.21 Å². The van der Waals surface area contributed by atoms with Crippen LogP contribution >= 0.6 is 0 Å². The van der Waals surface area contributed by atoms with Crippen molar-refractivity contribution in [2.75, 3.05) is 31.9 Å². The lowest BCUT2D eigenvalue weighted by Crippen LogP contribution is -2.41. The lowest BCUT2D eigenvalue weighted by Gasteiger charge is -2.23. The summed E-state index contributed by atoms with van der Waals surface area (Å²) in [4.78, 5) is 7.00. The van der Waals surface area contributed by atoms with E-state index < -0.39 is 10.8 Å². The highest BCUT2D eigenvalue weighted by Crippen LogP contribution is 2.28. The predicted molar refractivity (Wildman–Crippen MR) is 99.1 cm³/mol. The molecule has 1 saturated heterocycles. The Morgan fingerprint density at radius 1 is 1.35 bits per heavy atom. The summed E-state index contributed by atoms with van der Waals surface area (Å²) in [6, 6.07) is 10.0. The summed E-state index contributed by atoms with van der Waals surface area (Å²) < 4.78 is 12.2. The number of likely N-dealkylation sites (tertiary alicyclic amines) is 1. The maximum absolute atomic E-state index is 12.2. The normalized spacial score (nSPS) is 18.9. The summed E-state index contributed by atoms with van der Waals surface area (Å²) in [7, 11) is -0.862. The van der Waals surface area contributed by atoms with Crippen molar-refractivity contribution < 1.29 is 4.21 Å². The molecule has 0 amide bonds. The highest BCUT2D eigenvalue weighted by molar-refractivity contribution is 7.84. The molecule has 5 heteroatoms. The Labute approximate surface area is 142 Å². The Morgan fingerprint density at radius 3 is 2.70 bits per heavy atom. The summed E-state index contributed by atoms with van der Waals surface area (Å²) in [6.07, 6.45) is 1.19. The minimum Gasteiger partial charge on any atom is -0.357 e. The van der Waals surface area contributed by atoms with E-state index in [1.807, 2.05) is 30.3 Å². The van der Waals surface area contributed by atoms with Crippen molar-refractivity contribution in [3.05, 3.63) is 35.9 Å². The molecule has 0 aromatic heterocycles. The third-order valence-electron chi connectivity index (χ3n) is 4.06. The van der Waals surface area contributed by atoms with Crippen LogP contribution in [-0.4, -0.2) is 47.0 Å². The van der Waals surface area contributed by atoms with Gasteiger partial charge < -0.3 is 10.2 Å². The molecule has 1 aromatic rings. The summed E-state index contributed by atoms with van der Waals surface area (Å²) in [5.74, 6) is 2.19. The first kappa shape index (κ1) is 18.0. The summed E-state index contributed by atoms with van der Waals surface area (Å²) in [6.45, 7) is 10.2. The number of hydrogen-bond acceptors (Lipinski definition) is 2. The van der Waals surface area contributed by atoms with E-state index in [1.165, 1.54) is 6.42 Å². The minimum atomic E-state index is -0.862. The molecule has 1 aromatic carbocycles. The lowest BCUT2D eigenvalue weighted by atomic mass is 9.93. The molecule has 0 radical (unpaired) electrons. The van der Waals surface area contributed by atoms with Crippen LogP contribution in [0.3, 0.4) is 0 Å². The van der Waals surface area contributed by atoms with Crippen LogP contribution in [0.15, 0.2) is 35.3 Å². The van der Waals surface area contributed by atoms with Gasteiger partial charge in [0.15, 0.2) is 5.96 Å². The number of aliphatic imine (C=N–C) groups is 1. The van der Waals surface area contributed by atoms with Gasteiger partial charge in [-0.05, 0) is 24.3 Å². The molecular weight excluding hydrogens is 306 g/mol. The Morgan fingerprint density at radius 2 is 2.09 bits per heavy atom. The molecule has 0 spiro atoms. The van der Waals surface area contributed by atoms with Crippen molar-refractivity contribution >= 4 is 16.8 Å². The standard InChI is InChI=1S/C18H29N3OS/c1-4-19-17(21-12-10-18(2,3)15-21)20-11-13-23(22)14-16-8-6-5-7-9-16/h5-9H,4,10-15H2,1-3H3,(H,19,20). The SMILES string of the molecule is CCNC(=NCCS(=O)Cc1ccccc1)N1CCC(C)(C)C1. The van der Waals surface area contributed by atoms with E-state index in [2.05, 4.69) is 36.0 Å². The van der Waals surface area contributed by atoms with Crippen molar-refractivity contribution in [2.45, 2.75) is 32.9 Å². The molecule has 1 fully saturated rings. The summed E-state index contributed by atoms with van der Waals surface area (Å²) in [5, 5.41) is 3.36. The van der Waals surface area contributed by atoms with E-state index in [0.717, 1.165) is 31.2 Å². The number of hydrogen-bond donors (Lipinski definition) is 1. The maximum atomic E-state index is 12.2. The fourth-order valence-corrected chi connectivity index (χ4v) is 3.81. The lowest BCUT2D eigenvalue weighted by molar-refractivity contribution is 0.370. The topological polar surface area (TPSA) is 44.7 Å². The van der Waals surface area contributed by atoms with Crippen LogP contribution in [-0.2, 0) is 16.6 Å². The highest BCUT2D eigenvalue weighted by atomic mass is 32.2. The first-order chi connectivity index (χ1) is 11.0. The molecular formula is C18H29N3OS. The number of nitrogens with one attached hydrogen (secondary N) is 1. The van der Waals surface area contributed by atoms with Crippen LogP contribution in [0.2, 0.25) is 0 Å². The van der Waals surface area contributed by atoms with Gasteiger partial charge in [-0.3, -0.25) is 9.20 Å². The molecule has 1 aliphatic rings. The molecule has 2 rings (SSSR count). The third-order valence-corrected chi connectivity index (χ3v) is 5.36. The number of benzene rings is 1. The van der Waals surface area contributed by atoms with Gasteiger partial charge in [-0.25, -0.2) is 0 Å². The predicted octanol–water partition coefficient (Wildman–Crippen LogP) is 2.63. The second-order valence-electron chi connectivity index (χ2n) is 6.85. The second-order valence-corrected chi connectivity index (χ2v) is 8.42. The Balaban J connectivity index is 1.85. The molecule has 1 unspecified atom stereocenters. The highest BCUT2D eigenvalue weighted by Gasteiger charge is 2.30. The van der Waals surface area contributed by atoms with Gasteiger partial charge in [0.1, 0.15) is 0 Å². The molecule has 1 aliphatic heterocycles. The molecule has 23 heavy (non-hydrogen) atoms. The van der Waals surface area contributed by atoms with Crippen LogP contribution in [0.4, 0.5) is 0 Å². The van der Waals surface area contributed by atoms with Crippen LogP contribution in [0.5, 0.6) is 0 Å². The van der Waals surface area contributed by atoms with E-state index in [0.29, 0.717) is 23.5 Å². The minimum absolute atomic E-state index is 0.353. The molecule has 1 heterocycles. The maximum Gasteiger partial charge on any atom is 0.193 e. The van der Waals surface area contributed by atoms with Crippen molar-refractivity contribution in [2.24, 2.45) is 10.4 Å². The van der Waals surface area contributed by atoms with Gasteiger partial charge in [0, 0.05) is 41.9 Å². The Kier molecular flexibility index (Phi) is 6.63. The van der Waals surface area contributed by atoms with Crippen LogP contribution in [0, 0.1) is 5.41 Å². The molecule has 0 saturated carbocycles.